The molecule has 20 heavy (non-hydrogen) atoms. The average Bonchev–Trinajstić information content (AvgIpc) is 2.71. The number of hydrogen-bond acceptors (Lipinski definition) is 5. The molecule has 2 rings (SSSR count). The van der Waals surface area contributed by atoms with Crippen LogP contribution in [0.15, 0.2) is 18.5 Å². The van der Waals surface area contributed by atoms with Gasteiger partial charge in [0.2, 0.25) is 0 Å². The standard InChI is InChI=1S/C15H27N5/c1-2-14(5-6-16)20-10-4-9-19(11-12-20)13-15-17-7-3-8-18-15/h3,7-8,14H,2,4-6,9-13,16H2,1H3. The van der Waals surface area contributed by atoms with Gasteiger partial charge in [0, 0.05) is 31.5 Å². The first-order valence-electron chi connectivity index (χ1n) is 7.76. The molecule has 112 valence electrons. The molecule has 1 saturated heterocycles. The summed E-state index contributed by atoms with van der Waals surface area (Å²) in [4.78, 5) is 13.7. The fraction of sp³-hybridized carbons (Fsp3) is 0.733. The van der Waals surface area contributed by atoms with Crippen molar-refractivity contribution < 1.29 is 0 Å². The molecule has 1 atom stereocenters. The Balaban J connectivity index is 1.85. The monoisotopic (exact) mass is 277 g/mol. The van der Waals surface area contributed by atoms with E-state index >= 15 is 0 Å². The van der Waals surface area contributed by atoms with Crippen LogP contribution >= 0.6 is 0 Å². The maximum Gasteiger partial charge on any atom is 0.142 e. The lowest BCUT2D eigenvalue weighted by Crippen LogP contribution is -2.39. The minimum absolute atomic E-state index is 0.646. The molecule has 0 amide bonds. The third kappa shape index (κ3) is 4.51. The summed E-state index contributed by atoms with van der Waals surface area (Å²) in [5.41, 5.74) is 5.73. The summed E-state index contributed by atoms with van der Waals surface area (Å²) in [6.45, 7) is 8.46. The van der Waals surface area contributed by atoms with Crippen molar-refractivity contribution in [1.82, 2.24) is 19.8 Å². The van der Waals surface area contributed by atoms with Gasteiger partial charge in [-0.2, -0.15) is 0 Å². The zero-order valence-electron chi connectivity index (χ0n) is 12.5. The van der Waals surface area contributed by atoms with Crippen LogP contribution in [0.5, 0.6) is 0 Å². The summed E-state index contributed by atoms with van der Waals surface area (Å²) < 4.78 is 0. The Labute approximate surface area is 122 Å². The van der Waals surface area contributed by atoms with E-state index < -0.39 is 0 Å². The molecule has 1 aromatic heterocycles. The first-order valence-corrected chi connectivity index (χ1v) is 7.76. The van der Waals surface area contributed by atoms with E-state index in [0.717, 1.165) is 45.0 Å². The maximum absolute atomic E-state index is 5.73. The molecule has 2 N–H and O–H groups in total. The molecule has 0 spiro atoms. The van der Waals surface area contributed by atoms with E-state index in [2.05, 4.69) is 26.7 Å². The predicted octanol–water partition coefficient (Wildman–Crippen LogP) is 1.11. The fourth-order valence-corrected chi connectivity index (χ4v) is 2.96. The Morgan fingerprint density at radius 3 is 2.70 bits per heavy atom. The van der Waals surface area contributed by atoms with Crippen LogP contribution in [-0.4, -0.2) is 58.5 Å². The van der Waals surface area contributed by atoms with Crippen molar-refractivity contribution >= 4 is 0 Å². The molecule has 5 heteroatoms. The van der Waals surface area contributed by atoms with Crippen molar-refractivity contribution in [2.45, 2.75) is 38.8 Å². The van der Waals surface area contributed by atoms with Crippen LogP contribution in [0, 0.1) is 0 Å². The van der Waals surface area contributed by atoms with Crippen LogP contribution in [0.2, 0.25) is 0 Å². The van der Waals surface area contributed by atoms with Crippen molar-refractivity contribution in [2.75, 3.05) is 32.7 Å². The van der Waals surface area contributed by atoms with Crippen molar-refractivity contribution in [2.24, 2.45) is 5.73 Å². The molecule has 5 nitrogen and oxygen atoms in total. The molecule has 1 aromatic rings. The third-order valence-electron chi connectivity index (χ3n) is 4.09. The zero-order chi connectivity index (χ0) is 14.2. The van der Waals surface area contributed by atoms with Crippen LogP contribution < -0.4 is 5.73 Å². The van der Waals surface area contributed by atoms with E-state index in [1.165, 1.54) is 19.4 Å². The topological polar surface area (TPSA) is 58.3 Å². The molecule has 0 aromatic carbocycles. The Morgan fingerprint density at radius 1 is 1.20 bits per heavy atom. The summed E-state index contributed by atoms with van der Waals surface area (Å²) in [5, 5.41) is 0. The number of nitrogens with zero attached hydrogens (tertiary/aromatic N) is 4. The lowest BCUT2D eigenvalue weighted by molar-refractivity contribution is 0.184. The van der Waals surface area contributed by atoms with Gasteiger partial charge in [0.25, 0.3) is 0 Å². The molecule has 1 aliphatic heterocycles. The molecule has 0 radical (unpaired) electrons. The Morgan fingerprint density at radius 2 is 2.00 bits per heavy atom. The highest BCUT2D eigenvalue weighted by Gasteiger charge is 2.20. The molecule has 1 fully saturated rings. The van der Waals surface area contributed by atoms with Gasteiger partial charge in [0.1, 0.15) is 5.82 Å². The van der Waals surface area contributed by atoms with E-state index in [4.69, 9.17) is 5.73 Å². The lowest BCUT2D eigenvalue weighted by atomic mass is 10.1. The molecule has 1 unspecified atom stereocenters. The van der Waals surface area contributed by atoms with Crippen molar-refractivity contribution in [3.63, 3.8) is 0 Å². The van der Waals surface area contributed by atoms with Crippen molar-refractivity contribution in [3.8, 4) is 0 Å². The molecule has 0 saturated carbocycles. The second-order valence-corrected chi connectivity index (χ2v) is 5.47. The summed E-state index contributed by atoms with van der Waals surface area (Å²) in [5.74, 6) is 0.926. The molecule has 0 aliphatic carbocycles. The number of hydrogen-bond donors (Lipinski definition) is 1. The van der Waals surface area contributed by atoms with Crippen LogP contribution in [0.4, 0.5) is 0 Å². The van der Waals surface area contributed by atoms with Gasteiger partial charge in [-0.3, -0.25) is 9.80 Å². The highest BCUT2D eigenvalue weighted by Crippen LogP contribution is 2.13. The zero-order valence-corrected chi connectivity index (χ0v) is 12.5. The van der Waals surface area contributed by atoms with E-state index in [0.29, 0.717) is 6.04 Å². The molecule has 2 heterocycles. The van der Waals surface area contributed by atoms with Crippen molar-refractivity contribution in [1.29, 1.82) is 0 Å². The SMILES string of the molecule is CCC(CCN)N1CCCN(Cc2ncccn2)CC1. The highest BCUT2D eigenvalue weighted by atomic mass is 15.2. The van der Waals surface area contributed by atoms with Crippen LogP contribution in [0.1, 0.15) is 32.0 Å². The minimum atomic E-state index is 0.646. The number of nitrogens with two attached hydrogens (primary N) is 1. The van der Waals surface area contributed by atoms with Gasteiger partial charge < -0.3 is 5.73 Å². The molecular formula is C15H27N5. The summed E-state index contributed by atoms with van der Waals surface area (Å²) in [7, 11) is 0. The van der Waals surface area contributed by atoms with E-state index in [1.54, 1.807) is 0 Å². The molecule has 1 aliphatic rings. The summed E-state index contributed by atoms with van der Waals surface area (Å²) >= 11 is 0. The van der Waals surface area contributed by atoms with Gasteiger partial charge in [-0.25, -0.2) is 9.97 Å². The van der Waals surface area contributed by atoms with Crippen molar-refractivity contribution in [3.05, 3.63) is 24.3 Å². The average molecular weight is 277 g/mol. The van der Waals surface area contributed by atoms with Gasteiger partial charge >= 0.3 is 0 Å². The lowest BCUT2D eigenvalue weighted by Gasteiger charge is -2.29. The third-order valence-corrected chi connectivity index (χ3v) is 4.09. The van der Waals surface area contributed by atoms with Crippen LogP contribution in [-0.2, 0) is 6.54 Å². The second-order valence-electron chi connectivity index (χ2n) is 5.47. The Bertz CT molecular complexity index is 370. The normalized spacial score (nSPS) is 19.7. The predicted molar refractivity (Wildman–Crippen MR) is 81.2 cm³/mol. The van der Waals surface area contributed by atoms with Gasteiger partial charge in [0.05, 0.1) is 6.54 Å². The number of aromatic nitrogens is 2. The molecular weight excluding hydrogens is 250 g/mol. The first-order chi connectivity index (χ1) is 9.83. The first kappa shape index (κ1) is 15.4. The molecule has 0 bridgehead atoms. The van der Waals surface area contributed by atoms with Crippen LogP contribution in [0.25, 0.3) is 0 Å². The van der Waals surface area contributed by atoms with Gasteiger partial charge in [-0.05, 0) is 45.0 Å². The van der Waals surface area contributed by atoms with Gasteiger partial charge in [-0.1, -0.05) is 6.92 Å². The minimum Gasteiger partial charge on any atom is -0.330 e. The van der Waals surface area contributed by atoms with E-state index in [-0.39, 0.29) is 0 Å². The van der Waals surface area contributed by atoms with Gasteiger partial charge in [0.15, 0.2) is 0 Å². The van der Waals surface area contributed by atoms with E-state index in [9.17, 15) is 0 Å². The summed E-state index contributed by atoms with van der Waals surface area (Å²) in [6.07, 6.45) is 7.16. The largest absolute Gasteiger partial charge is 0.330 e. The Kier molecular flexibility index (Phi) is 6.36. The fourth-order valence-electron chi connectivity index (χ4n) is 2.96. The Hall–Kier alpha value is -1.04. The highest BCUT2D eigenvalue weighted by molar-refractivity contribution is 4.89. The maximum atomic E-state index is 5.73. The van der Waals surface area contributed by atoms with E-state index in [1.807, 2.05) is 18.5 Å². The smallest absolute Gasteiger partial charge is 0.142 e. The van der Waals surface area contributed by atoms with Gasteiger partial charge in [-0.15, -0.1) is 0 Å². The quantitative estimate of drug-likeness (QED) is 0.844. The second kappa shape index (κ2) is 8.29. The summed E-state index contributed by atoms with van der Waals surface area (Å²) in [6, 6.07) is 2.51. The van der Waals surface area contributed by atoms with Crippen LogP contribution in [0.3, 0.4) is 0 Å². The number of rotatable bonds is 6.